The Kier molecular flexibility index (Phi) is 6.12. The first kappa shape index (κ1) is 18.9. The molecule has 136 valence electrons. The summed E-state index contributed by atoms with van der Waals surface area (Å²) in [4.78, 5) is 36.6. The molecule has 1 saturated heterocycles. The first-order valence-electron chi connectivity index (χ1n) is 8.39. The van der Waals surface area contributed by atoms with E-state index in [-0.39, 0.29) is 29.0 Å². The molecule has 1 aliphatic heterocycles. The fourth-order valence-corrected chi connectivity index (χ4v) is 2.83. The number of piperidine rings is 1. The minimum atomic E-state index is -0.848. The van der Waals surface area contributed by atoms with Crippen molar-refractivity contribution >= 4 is 23.5 Å². The highest BCUT2D eigenvalue weighted by molar-refractivity contribution is 5.96. The van der Waals surface area contributed by atoms with E-state index >= 15 is 0 Å². The van der Waals surface area contributed by atoms with E-state index in [1.165, 1.54) is 17.0 Å². The van der Waals surface area contributed by atoms with Crippen molar-refractivity contribution in [3.8, 4) is 0 Å². The van der Waals surface area contributed by atoms with Gasteiger partial charge in [-0.15, -0.1) is 0 Å². The lowest BCUT2D eigenvalue weighted by atomic mass is 9.96. The summed E-state index contributed by atoms with van der Waals surface area (Å²) in [5.41, 5.74) is 0.236. The van der Waals surface area contributed by atoms with Crippen LogP contribution in [0.1, 0.15) is 43.5 Å². The summed E-state index contributed by atoms with van der Waals surface area (Å²) in [6.07, 6.45) is 1.08. The molecule has 1 fully saturated rings. The molecule has 1 aliphatic rings. The van der Waals surface area contributed by atoms with Crippen LogP contribution in [0.5, 0.6) is 0 Å². The number of carbonyl (C=O) groups is 3. The Morgan fingerprint density at radius 3 is 2.44 bits per heavy atom. The smallest absolute Gasteiger partial charge is 0.306 e. The number of carboxylic acid groups (broad SMARTS) is 1. The van der Waals surface area contributed by atoms with Crippen molar-refractivity contribution in [2.24, 2.45) is 11.8 Å². The number of halogens is 1. The number of hydrogen-bond acceptors (Lipinski definition) is 3. The molecule has 6 nitrogen and oxygen atoms in total. The summed E-state index contributed by atoms with van der Waals surface area (Å²) in [5, 5.41) is 11.5. The minimum Gasteiger partial charge on any atom is -0.481 e. The standard InChI is InChI=1S/C18H23FN2O4/c1-11(2)9-16(22)20-15-4-3-13(10-14(15)19)17(23)21-7-5-12(6-8-21)18(24)25/h3-4,10-12H,5-9H2,1-2H3,(H,20,22)(H,24,25). The van der Waals surface area contributed by atoms with E-state index < -0.39 is 17.7 Å². The molecule has 0 atom stereocenters. The Balaban J connectivity index is 2.01. The summed E-state index contributed by atoms with van der Waals surface area (Å²) < 4.78 is 14.2. The van der Waals surface area contributed by atoms with Crippen LogP contribution in [0, 0.1) is 17.7 Å². The van der Waals surface area contributed by atoms with E-state index in [1.54, 1.807) is 0 Å². The largest absolute Gasteiger partial charge is 0.481 e. The molecule has 0 radical (unpaired) electrons. The van der Waals surface area contributed by atoms with Crippen LogP contribution in [-0.2, 0) is 9.59 Å². The van der Waals surface area contributed by atoms with E-state index in [0.717, 1.165) is 6.07 Å². The van der Waals surface area contributed by atoms with Crippen LogP contribution in [0.25, 0.3) is 0 Å². The average Bonchev–Trinajstić information content (AvgIpc) is 2.55. The summed E-state index contributed by atoms with van der Waals surface area (Å²) >= 11 is 0. The lowest BCUT2D eigenvalue weighted by molar-refractivity contribution is -0.143. The van der Waals surface area contributed by atoms with Crippen molar-refractivity contribution in [1.29, 1.82) is 0 Å². The fourth-order valence-electron chi connectivity index (χ4n) is 2.83. The van der Waals surface area contributed by atoms with Gasteiger partial charge in [0.25, 0.3) is 5.91 Å². The van der Waals surface area contributed by atoms with Crippen LogP contribution in [0.3, 0.4) is 0 Å². The Labute approximate surface area is 146 Å². The molecule has 2 N–H and O–H groups in total. The number of anilines is 1. The zero-order valence-corrected chi connectivity index (χ0v) is 14.4. The Morgan fingerprint density at radius 2 is 1.92 bits per heavy atom. The van der Waals surface area contributed by atoms with Gasteiger partial charge < -0.3 is 15.3 Å². The number of nitrogens with zero attached hydrogens (tertiary/aromatic N) is 1. The second-order valence-corrected chi connectivity index (χ2v) is 6.75. The zero-order chi connectivity index (χ0) is 18.6. The Hall–Kier alpha value is -2.44. The molecule has 0 unspecified atom stereocenters. The topological polar surface area (TPSA) is 86.7 Å². The first-order valence-corrected chi connectivity index (χ1v) is 8.39. The number of likely N-dealkylation sites (tertiary alicyclic amines) is 1. The lowest BCUT2D eigenvalue weighted by Gasteiger charge is -2.30. The predicted octanol–water partition coefficient (Wildman–Crippen LogP) is 2.75. The van der Waals surface area contributed by atoms with Crippen molar-refractivity contribution in [3.63, 3.8) is 0 Å². The minimum absolute atomic E-state index is 0.0479. The van der Waals surface area contributed by atoms with E-state index in [2.05, 4.69) is 5.32 Å². The zero-order valence-electron chi connectivity index (χ0n) is 14.4. The van der Waals surface area contributed by atoms with E-state index in [4.69, 9.17) is 5.11 Å². The molecular formula is C18H23FN2O4. The molecular weight excluding hydrogens is 327 g/mol. The van der Waals surface area contributed by atoms with Gasteiger partial charge in [-0.2, -0.15) is 0 Å². The van der Waals surface area contributed by atoms with Gasteiger partial charge in [-0.25, -0.2) is 4.39 Å². The second kappa shape index (κ2) is 8.09. The number of carboxylic acids is 1. The first-order chi connectivity index (χ1) is 11.8. The lowest BCUT2D eigenvalue weighted by Crippen LogP contribution is -2.40. The Bertz CT molecular complexity index is 667. The van der Waals surface area contributed by atoms with Crippen LogP contribution < -0.4 is 5.32 Å². The third kappa shape index (κ3) is 5.01. The number of hydrogen-bond donors (Lipinski definition) is 2. The highest BCUT2D eigenvalue weighted by atomic mass is 19.1. The number of nitrogens with one attached hydrogen (secondary N) is 1. The van der Waals surface area contributed by atoms with Crippen LogP contribution in [0.15, 0.2) is 18.2 Å². The maximum Gasteiger partial charge on any atom is 0.306 e. The van der Waals surface area contributed by atoms with Gasteiger partial charge in [0.05, 0.1) is 11.6 Å². The highest BCUT2D eigenvalue weighted by Gasteiger charge is 2.27. The molecule has 0 spiro atoms. The maximum atomic E-state index is 14.2. The van der Waals surface area contributed by atoms with Gasteiger partial charge in [-0.1, -0.05) is 13.8 Å². The van der Waals surface area contributed by atoms with Crippen molar-refractivity contribution in [2.45, 2.75) is 33.1 Å². The van der Waals surface area contributed by atoms with Crippen LogP contribution >= 0.6 is 0 Å². The third-order valence-electron chi connectivity index (χ3n) is 4.22. The predicted molar refractivity (Wildman–Crippen MR) is 90.7 cm³/mol. The van der Waals surface area contributed by atoms with Crippen LogP contribution in [0.2, 0.25) is 0 Å². The summed E-state index contributed by atoms with van der Waals surface area (Å²) in [6, 6.07) is 3.96. The monoisotopic (exact) mass is 350 g/mol. The molecule has 0 aliphatic carbocycles. The number of rotatable bonds is 5. The fraction of sp³-hybridized carbons (Fsp3) is 0.500. The summed E-state index contributed by atoms with van der Waals surface area (Å²) in [5.74, 6) is -2.38. The molecule has 25 heavy (non-hydrogen) atoms. The normalized spacial score (nSPS) is 15.3. The molecule has 1 heterocycles. The number of benzene rings is 1. The number of amides is 2. The van der Waals surface area contributed by atoms with Crippen LogP contribution in [0.4, 0.5) is 10.1 Å². The van der Waals surface area contributed by atoms with Gasteiger partial charge >= 0.3 is 5.97 Å². The molecule has 0 aromatic heterocycles. The molecule has 7 heteroatoms. The molecule has 1 aromatic carbocycles. The van der Waals surface area contributed by atoms with Crippen LogP contribution in [-0.4, -0.2) is 40.9 Å². The molecule has 0 saturated carbocycles. The van der Waals surface area contributed by atoms with Gasteiger partial charge in [0.15, 0.2) is 0 Å². The van der Waals surface area contributed by atoms with E-state index in [9.17, 15) is 18.8 Å². The maximum absolute atomic E-state index is 14.2. The number of carbonyl (C=O) groups excluding carboxylic acids is 2. The van der Waals surface area contributed by atoms with Crippen molar-refractivity contribution in [3.05, 3.63) is 29.6 Å². The number of aliphatic carboxylic acids is 1. The van der Waals surface area contributed by atoms with Gasteiger partial charge in [0.1, 0.15) is 5.82 Å². The van der Waals surface area contributed by atoms with Gasteiger partial charge in [-0.05, 0) is 37.0 Å². The van der Waals surface area contributed by atoms with E-state index in [1.807, 2.05) is 13.8 Å². The molecule has 2 amide bonds. The molecule has 1 aromatic rings. The summed E-state index contributed by atoms with van der Waals surface area (Å²) in [6.45, 7) is 4.46. The van der Waals surface area contributed by atoms with E-state index in [0.29, 0.717) is 32.4 Å². The summed E-state index contributed by atoms with van der Waals surface area (Å²) in [7, 11) is 0. The van der Waals surface area contributed by atoms with Gasteiger partial charge in [0.2, 0.25) is 5.91 Å². The quantitative estimate of drug-likeness (QED) is 0.855. The third-order valence-corrected chi connectivity index (χ3v) is 4.22. The molecule has 0 bridgehead atoms. The second-order valence-electron chi connectivity index (χ2n) is 6.75. The van der Waals surface area contributed by atoms with Crippen molar-refractivity contribution < 1.29 is 23.9 Å². The average molecular weight is 350 g/mol. The van der Waals surface area contributed by atoms with Crippen molar-refractivity contribution in [2.75, 3.05) is 18.4 Å². The highest BCUT2D eigenvalue weighted by Crippen LogP contribution is 2.22. The molecule has 2 rings (SSSR count). The van der Waals surface area contributed by atoms with Gasteiger partial charge in [0, 0.05) is 25.1 Å². The van der Waals surface area contributed by atoms with Gasteiger partial charge in [-0.3, -0.25) is 14.4 Å². The Morgan fingerprint density at radius 1 is 1.28 bits per heavy atom. The van der Waals surface area contributed by atoms with Crippen molar-refractivity contribution in [1.82, 2.24) is 4.90 Å². The SMILES string of the molecule is CC(C)CC(=O)Nc1ccc(C(=O)N2CCC(C(=O)O)CC2)cc1F.